The Morgan fingerprint density at radius 2 is 1.80 bits per heavy atom. The van der Waals surface area contributed by atoms with Gasteiger partial charge in [-0.2, -0.15) is 11.8 Å². The molecule has 0 saturated carbocycles. The standard InChI is InChI=1S/C22H28N2O4S2/c1-22(2,3)29-14-13-23-21(25)20-15-24(18-11-7-8-12-19(18)28-20)30(26,27)16-17-9-5-4-6-10-17/h4-12,20H,13-16H2,1-3H3,(H,23,25)/t20-/m1/s1. The first kappa shape index (κ1) is 22.5. The van der Waals surface area contributed by atoms with E-state index in [-0.39, 0.29) is 23.0 Å². The first-order valence-corrected chi connectivity index (χ1v) is 12.5. The van der Waals surface area contributed by atoms with Gasteiger partial charge in [0.25, 0.3) is 5.91 Å². The molecule has 8 heteroatoms. The van der Waals surface area contributed by atoms with Crippen LogP contribution in [0.25, 0.3) is 0 Å². The van der Waals surface area contributed by atoms with Gasteiger partial charge in [0.15, 0.2) is 6.10 Å². The van der Waals surface area contributed by atoms with E-state index in [1.807, 2.05) is 18.2 Å². The van der Waals surface area contributed by atoms with Gasteiger partial charge >= 0.3 is 0 Å². The van der Waals surface area contributed by atoms with Gasteiger partial charge in [0, 0.05) is 17.0 Å². The molecule has 1 N–H and O–H groups in total. The smallest absolute Gasteiger partial charge is 0.263 e. The zero-order valence-corrected chi connectivity index (χ0v) is 19.1. The number of ether oxygens (including phenoxy) is 1. The van der Waals surface area contributed by atoms with Crippen molar-refractivity contribution in [1.82, 2.24) is 5.32 Å². The number of amides is 1. The maximum atomic E-state index is 13.2. The Balaban J connectivity index is 1.74. The number of fused-ring (bicyclic) bond motifs is 1. The molecule has 2 aromatic rings. The zero-order valence-electron chi connectivity index (χ0n) is 17.5. The Hall–Kier alpha value is -2.19. The van der Waals surface area contributed by atoms with E-state index in [4.69, 9.17) is 4.74 Å². The molecule has 1 aliphatic heterocycles. The van der Waals surface area contributed by atoms with E-state index >= 15 is 0 Å². The van der Waals surface area contributed by atoms with Crippen LogP contribution in [0.5, 0.6) is 5.75 Å². The summed E-state index contributed by atoms with van der Waals surface area (Å²) < 4.78 is 33.6. The second-order valence-corrected chi connectivity index (χ2v) is 11.9. The Morgan fingerprint density at radius 3 is 2.50 bits per heavy atom. The van der Waals surface area contributed by atoms with Crippen molar-refractivity contribution in [3.05, 3.63) is 60.2 Å². The fourth-order valence-corrected chi connectivity index (χ4v) is 5.51. The molecule has 3 rings (SSSR count). The third kappa shape index (κ3) is 5.92. The van der Waals surface area contributed by atoms with Crippen LogP contribution in [0.4, 0.5) is 5.69 Å². The van der Waals surface area contributed by atoms with Crippen molar-refractivity contribution < 1.29 is 17.9 Å². The van der Waals surface area contributed by atoms with Gasteiger partial charge in [-0.25, -0.2) is 8.42 Å². The fourth-order valence-electron chi connectivity index (χ4n) is 3.11. The highest BCUT2D eigenvalue weighted by Crippen LogP contribution is 2.35. The average Bonchev–Trinajstić information content (AvgIpc) is 2.70. The zero-order chi connectivity index (χ0) is 21.8. The van der Waals surface area contributed by atoms with Gasteiger partial charge < -0.3 is 10.1 Å². The lowest BCUT2D eigenvalue weighted by molar-refractivity contribution is -0.127. The van der Waals surface area contributed by atoms with Crippen LogP contribution in [-0.4, -0.2) is 44.0 Å². The summed E-state index contributed by atoms with van der Waals surface area (Å²) in [6.45, 7) is 6.81. The number of carbonyl (C=O) groups is 1. The van der Waals surface area contributed by atoms with Gasteiger partial charge in [0.1, 0.15) is 5.75 Å². The molecule has 0 spiro atoms. The van der Waals surface area contributed by atoms with Crippen LogP contribution in [0, 0.1) is 0 Å². The fraction of sp³-hybridized carbons (Fsp3) is 0.409. The quantitative estimate of drug-likeness (QED) is 0.657. The normalized spacial score (nSPS) is 16.5. The molecule has 2 aromatic carbocycles. The van der Waals surface area contributed by atoms with E-state index in [0.29, 0.717) is 23.5 Å². The topological polar surface area (TPSA) is 75.7 Å². The minimum Gasteiger partial charge on any atom is -0.476 e. The molecule has 162 valence electrons. The van der Waals surface area contributed by atoms with Crippen molar-refractivity contribution in [2.75, 3.05) is 23.1 Å². The second-order valence-electron chi connectivity index (χ2n) is 8.10. The molecule has 0 aromatic heterocycles. The van der Waals surface area contributed by atoms with Crippen molar-refractivity contribution in [2.24, 2.45) is 0 Å². The summed E-state index contributed by atoms with van der Waals surface area (Å²) >= 11 is 1.75. The molecule has 1 amide bonds. The Morgan fingerprint density at radius 1 is 1.13 bits per heavy atom. The molecular formula is C22H28N2O4S2. The third-order valence-corrected chi connectivity index (χ3v) is 7.48. The predicted octanol–water partition coefficient (Wildman–Crippen LogP) is 3.43. The summed E-state index contributed by atoms with van der Waals surface area (Å²) in [6, 6.07) is 15.9. The van der Waals surface area contributed by atoms with E-state index in [1.54, 1.807) is 48.2 Å². The highest BCUT2D eigenvalue weighted by Gasteiger charge is 2.36. The lowest BCUT2D eigenvalue weighted by atomic mass is 10.2. The van der Waals surface area contributed by atoms with Crippen LogP contribution in [0.3, 0.4) is 0 Å². The number of nitrogens with one attached hydrogen (secondary N) is 1. The molecule has 0 saturated heterocycles. The van der Waals surface area contributed by atoms with Gasteiger partial charge in [-0.1, -0.05) is 63.2 Å². The molecule has 0 unspecified atom stereocenters. The molecule has 0 fully saturated rings. The lowest BCUT2D eigenvalue weighted by Gasteiger charge is -2.34. The molecule has 6 nitrogen and oxygen atoms in total. The number of hydrogen-bond acceptors (Lipinski definition) is 5. The number of nitrogens with zero attached hydrogens (tertiary/aromatic N) is 1. The van der Waals surface area contributed by atoms with E-state index in [9.17, 15) is 13.2 Å². The number of benzene rings is 2. The van der Waals surface area contributed by atoms with E-state index < -0.39 is 16.1 Å². The highest BCUT2D eigenvalue weighted by atomic mass is 32.2. The summed E-state index contributed by atoms with van der Waals surface area (Å²) in [7, 11) is -3.69. The van der Waals surface area contributed by atoms with Crippen LogP contribution in [-0.2, 0) is 20.6 Å². The summed E-state index contributed by atoms with van der Waals surface area (Å²) in [4.78, 5) is 12.7. The summed E-state index contributed by atoms with van der Waals surface area (Å²) in [6.07, 6.45) is -0.898. The Kier molecular flexibility index (Phi) is 6.98. The summed E-state index contributed by atoms with van der Waals surface area (Å²) in [5.74, 6) is 0.719. The molecule has 0 bridgehead atoms. The van der Waals surface area contributed by atoms with Crippen LogP contribution >= 0.6 is 11.8 Å². The second kappa shape index (κ2) is 9.31. The minimum absolute atomic E-state index is 0.0512. The predicted molar refractivity (Wildman–Crippen MR) is 122 cm³/mol. The largest absolute Gasteiger partial charge is 0.476 e. The SMILES string of the molecule is CC(C)(C)SCCNC(=O)[C@H]1CN(S(=O)(=O)Cc2ccccc2)c2ccccc2O1. The number of para-hydroxylation sites is 2. The van der Waals surface area contributed by atoms with Crippen molar-refractivity contribution >= 4 is 33.4 Å². The van der Waals surface area contributed by atoms with Gasteiger partial charge in [-0.3, -0.25) is 9.10 Å². The maximum absolute atomic E-state index is 13.2. The van der Waals surface area contributed by atoms with Gasteiger partial charge in [0.2, 0.25) is 10.0 Å². The number of sulfonamides is 1. The number of hydrogen-bond donors (Lipinski definition) is 1. The monoisotopic (exact) mass is 448 g/mol. The molecule has 1 atom stereocenters. The number of carbonyl (C=O) groups excluding carboxylic acids is 1. The van der Waals surface area contributed by atoms with Crippen molar-refractivity contribution in [3.8, 4) is 5.75 Å². The lowest BCUT2D eigenvalue weighted by Crippen LogP contribution is -2.51. The maximum Gasteiger partial charge on any atom is 0.263 e. The molecule has 30 heavy (non-hydrogen) atoms. The first-order valence-electron chi connectivity index (χ1n) is 9.87. The highest BCUT2D eigenvalue weighted by molar-refractivity contribution is 8.00. The van der Waals surface area contributed by atoms with Gasteiger partial charge in [0.05, 0.1) is 18.0 Å². The van der Waals surface area contributed by atoms with Crippen molar-refractivity contribution in [2.45, 2.75) is 37.4 Å². The minimum atomic E-state index is -3.69. The van der Waals surface area contributed by atoms with Crippen LogP contribution in [0.2, 0.25) is 0 Å². The molecule has 0 aliphatic carbocycles. The van der Waals surface area contributed by atoms with E-state index in [2.05, 4.69) is 26.1 Å². The number of anilines is 1. The molecular weight excluding hydrogens is 420 g/mol. The summed E-state index contributed by atoms with van der Waals surface area (Å²) in [5, 5.41) is 2.87. The number of thioether (sulfide) groups is 1. The molecule has 1 aliphatic rings. The Bertz CT molecular complexity index is 972. The molecule has 1 heterocycles. The summed E-state index contributed by atoms with van der Waals surface area (Å²) in [5.41, 5.74) is 1.16. The van der Waals surface area contributed by atoms with Crippen LogP contribution < -0.4 is 14.4 Å². The van der Waals surface area contributed by atoms with Gasteiger partial charge in [-0.05, 0) is 17.7 Å². The van der Waals surface area contributed by atoms with Crippen LogP contribution in [0.1, 0.15) is 26.3 Å². The van der Waals surface area contributed by atoms with Crippen molar-refractivity contribution in [3.63, 3.8) is 0 Å². The average molecular weight is 449 g/mol. The van der Waals surface area contributed by atoms with E-state index in [0.717, 1.165) is 5.75 Å². The Labute approximate surface area is 183 Å². The van der Waals surface area contributed by atoms with Crippen LogP contribution in [0.15, 0.2) is 54.6 Å². The molecule has 0 radical (unpaired) electrons. The van der Waals surface area contributed by atoms with E-state index in [1.165, 1.54) is 4.31 Å². The number of rotatable bonds is 7. The first-order chi connectivity index (χ1) is 14.2. The van der Waals surface area contributed by atoms with Gasteiger partial charge in [-0.15, -0.1) is 0 Å². The van der Waals surface area contributed by atoms with Crippen molar-refractivity contribution in [1.29, 1.82) is 0 Å². The third-order valence-electron chi connectivity index (χ3n) is 4.49.